The Hall–Kier alpha value is -2.20. The van der Waals surface area contributed by atoms with E-state index >= 15 is 0 Å². The van der Waals surface area contributed by atoms with E-state index in [-0.39, 0.29) is 5.92 Å². The highest BCUT2D eigenvalue weighted by molar-refractivity contribution is 5.88. The summed E-state index contributed by atoms with van der Waals surface area (Å²) < 4.78 is 0. The van der Waals surface area contributed by atoms with Gasteiger partial charge in [-0.1, -0.05) is 78.1 Å². The summed E-state index contributed by atoms with van der Waals surface area (Å²) in [5.74, 6) is -5.59. The van der Waals surface area contributed by atoms with Crippen molar-refractivity contribution < 1.29 is 49.7 Å². The maximum atomic E-state index is 11.1. The van der Waals surface area contributed by atoms with E-state index in [9.17, 15) is 24.3 Å². The zero-order chi connectivity index (χ0) is 25.0. The summed E-state index contributed by atoms with van der Waals surface area (Å²) in [6, 6.07) is 0. The molecule has 0 saturated carbocycles. The number of aliphatic hydroxyl groups is 1. The van der Waals surface area contributed by atoms with Gasteiger partial charge < -0.3 is 25.3 Å². The van der Waals surface area contributed by atoms with Gasteiger partial charge >= 0.3 is 23.9 Å². The molecule has 188 valence electrons. The number of carbonyl (C=O) groups is 4. The van der Waals surface area contributed by atoms with Crippen LogP contribution in [0.4, 0.5) is 0 Å². The minimum Gasteiger partial charge on any atom is -0.481 e. The molecule has 0 spiro atoms. The smallest absolute Gasteiger partial charge is 0.345 e. The van der Waals surface area contributed by atoms with Gasteiger partial charge in [0.05, 0.1) is 18.8 Å². The molecule has 0 aromatic heterocycles. The van der Waals surface area contributed by atoms with E-state index in [1.807, 2.05) is 0 Å². The van der Waals surface area contributed by atoms with Crippen molar-refractivity contribution in [2.75, 3.05) is 0 Å². The zero-order valence-electron chi connectivity index (χ0n) is 19.3. The first-order valence-electron chi connectivity index (χ1n) is 11.3. The molecule has 10 nitrogen and oxygen atoms in total. The summed E-state index contributed by atoms with van der Waals surface area (Å²) in [5.41, 5.74) is -2.77. The third kappa shape index (κ3) is 17.5. The zero-order valence-corrected chi connectivity index (χ0v) is 19.3. The van der Waals surface area contributed by atoms with Crippen molar-refractivity contribution in [3.05, 3.63) is 0 Å². The molecule has 0 aliphatic carbocycles. The van der Waals surface area contributed by atoms with Gasteiger partial charge in [0, 0.05) is 0 Å². The first-order chi connectivity index (χ1) is 15.0. The second-order valence-corrected chi connectivity index (χ2v) is 7.99. The average Bonchev–Trinajstić information content (AvgIpc) is 2.71. The topological polar surface area (TPSA) is 179 Å². The molecule has 0 rings (SSSR count). The van der Waals surface area contributed by atoms with E-state index in [1.165, 1.54) is 51.4 Å². The minimum absolute atomic E-state index is 0.0898. The Morgan fingerprint density at radius 1 is 0.750 bits per heavy atom. The fourth-order valence-electron chi connectivity index (χ4n) is 3.11. The van der Waals surface area contributed by atoms with Crippen molar-refractivity contribution in [1.29, 1.82) is 0 Å². The van der Waals surface area contributed by atoms with Crippen LogP contribution >= 0.6 is 0 Å². The van der Waals surface area contributed by atoms with Gasteiger partial charge in [-0.3, -0.25) is 9.59 Å². The Morgan fingerprint density at radius 3 is 1.56 bits per heavy atom. The highest BCUT2D eigenvalue weighted by atomic mass is 17.1. The molecule has 0 aromatic rings. The molecular formula is C22H40O10. The number of hydrogen-bond donors (Lipinski definition) is 5. The molecule has 2 atom stereocenters. The quantitative estimate of drug-likeness (QED) is 0.113. The molecule has 0 heterocycles. The van der Waals surface area contributed by atoms with Crippen LogP contribution in [0.25, 0.3) is 0 Å². The summed E-state index contributed by atoms with van der Waals surface area (Å²) in [6.07, 6.45) is 11.7. The van der Waals surface area contributed by atoms with Crippen LogP contribution in [0.2, 0.25) is 0 Å². The van der Waals surface area contributed by atoms with Gasteiger partial charge in [-0.25, -0.2) is 9.59 Å². The van der Waals surface area contributed by atoms with E-state index in [0.717, 1.165) is 25.7 Å². The fourth-order valence-corrected chi connectivity index (χ4v) is 3.11. The molecule has 0 aromatic carbocycles. The fraction of sp³-hybridized carbons (Fsp3) is 0.818. The Labute approximate surface area is 189 Å². The molecule has 0 radical (unpaired) electrons. The van der Waals surface area contributed by atoms with E-state index < -0.39 is 42.3 Å². The Morgan fingerprint density at radius 2 is 1.19 bits per heavy atom. The largest absolute Gasteiger partial charge is 0.481 e. The molecule has 0 aliphatic rings. The monoisotopic (exact) mass is 464 g/mol. The second kappa shape index (κ2) is 19.5. The maximum absolute atomic E-state index is 11.1. The van der Waals surface area contributed by atoms with Gasteiger partial charge in [-0.15, -0.1) is 0 Å². The Bertz CT molecular complexity index is 549. The van der Waals surface area contributed by atoms with Crippen LogP contribution < -0.4 is 0 Å². The molecule has 2 unspecified atom stereocenters. The lowest BCUT2D eigenvalue weighted by atomic mass is 9.94. The van der Waals surface area contributed by atoms with Crippen LogP contribution in [0, 0.1) is 5.92 Å². The van der Waals surface area contributed by atoms with E-state index in [0.29, 0.717) is 0 Å². The minimum atomic E-state index is -2.77. The summed E-state index contributed by atoms with van der Waals surface area (Å²) in [7, 11) is 0. The highest BCUT2D eigenvalue weighted by Crippen LogP contribution is 2.19. The first kappa shape index (κ1) is 32.0. The maximum Gasteiger partial charge on any atom is 0.345 e. The Kier molecular flexibility index (Phi) is 19.5. The molecule has 0 amide bonds. The number of hydrogen-bond acceptors (Lipinski definition) is 7. The van der Waals surface area contributed by atoms with Gasteiger partial charge in [0.25, 0.3) is 0 Å². The molecule has 0 saturated heterocycles. The predicted molar refractivity (Wildman–Crippen MR) is 116 cm³/mol. The van der Waals surface area contributed by atoms with Gasteiger partial charge in [0.2, 0.25) is 0 Å². The van der Waals surface area contributed by atoms with Crippen molar-refractivity contribution in [3.8, 4) is 0 Å². The number of rotatable bonds is 18. The van der Waals surface area contributed by atoms with Gasteiger partial charge in [0.1, 0.15) is 0 Å². The first-order valence-corrected chi connectivity index (χ1v) is 11.3. The van der Waals surface area contributed by atoms with Crippen molar-refractivity contribution in [2.45, 2.75) is 109 Å². The molecule has 10 heteroatoms. The number of unbranched alkanes of at least 4 members (excludes halogenated alkanes) is 8. The molecule has 5 N–H and O–H groups in total. The predicted octanol–water partition coefficient (Wildman–Crippen LogP) is 4.09. The molecule has 0 fully saturated rings. The number of carboxylic acids is 3. The lowest BCUT2D eigenvalue weighted by molar-refractivity contribution is -0.238. The Balaban J connectivity index is 0. The van der Waals surface area contributed by atoms with E-state index in [4.69, 9.17) is 20.6 Å². The van der Waals surface area contributed by atoms with Crippen LogP contribution in [-0.4, -0.2) is 55.2 Å². The van der Waals surface area contributed by atoms with Crippen molar-refractivity contribution in [3.63, 3.8) is 0 Å². The van der Waals surface area contributed by atoms with Crippen LogP contribution in [0.1, 0.15) is 104 Å². The van der Waals surface area contributed by atoms with Gasteiger partial charge in [0.15, 0.2) is 5.60 Å². The molecule has 0 aliphatic heterocycles. The van der Waals surface area contributed by atoms with Gasteiger partial charge in [-0.05, 0) is 12.8 Å². The third-order valence-corrected chi connectivity index (χ3v) is 5.04. The summed E-state index contributed by atoms with van der Waals surface area (Å²) in [5, 5.41) is 42.8. The number of aliphatic carboxylic acids is 3. The molecular weight excluding hydrogens is 424 g/mol. The summed E-state index contributed by atoms with van der Waals surface area (Å²) >= 11 is 0. The van der Waals surface area contributed by atoms with Gasteiger partial charge in [-0.2, -0.15) is 5.26 Å². The normalized spacial score (nSPS) is 13.2. The van der Waals surface area contributed by atoms with Crippen LogP contribution in [0.3, 0.4) is 0 Å². The van der Waals surface area contributed by atoms with Crippen molar-refractivity contribution >= 4 is 23.9 Å². The number of carboxylic acid groups (broad SMARTS) is 3. The van der Waals surface area contributed by atoms with Crippen LogP contribution in [0.5, 0.6) is 0 Å². The third-order valence-electron chi connectivity index (χ3n) is 5.04. The number of carbonyl (C=O) groups excluding carboxylic acids is 1. The second-order valence-electron chi connectivity index (χ2n) is 7.99. The molecule has 32 heavy (non-hydrogen) atoms. The standard InChI is InChI=1S/C16H32O2.C6H8O8/c1-3-5-7-9-10-12-14-15(16(17)18)13-11-8-6-4-2;7-3(8)1-6(12,5(10)11)2-4(9)14-13/h15H,3-14H2,1-2H3,(H,17,18);12-13H,1-2H2,(H,7,8)(H,10,11). The summed E-state index contributed by atoms with van der Waals surface area (Å²) in [4.78, 5) is 45.2. The highest BCUT2D eigenvalue weighted by Gasteiger charge is 2.41. The molecule has 0 bridgehead atoms. The lowest BCUT2D eigenvalue weighted by Crippen LogP contribution is -2.43. The SMILES string of the molecule is CCCCCCCCC(CCCCCC)C(=O)O.O=C(O)CC(O)(CC(=O)OO)C(=O)O. The van der Waals surface area contributed by atoms with E-state index in [2.05, 4.69) is 18.7 Å². The summed E-state index contributed by atoms with van der Waals surface area (Å²) in [6.45, 7) is 4.40. The van der Waals surface area contributed by atoms with Crippen molar-refractivity contribution in [2.24, 2.45) is 5.92 Å². The average molecular weight is 465 g/mol. The van der Waals surface area contributed by atoms with Crippen LogP contribution in [0.15, 0.2) is 0 Å². The van der Waals surface area contributed by atoms with Crippen LogP contribution in [-0.2, 0) is 24.1 Å². The lowest BCUT2D eigenvalue weighted by Gasteiger charge is -2.18. The van der Waals surface area contributed by atoms with Crippen molar-refractivity contribution in [1.82, 2.24) is 0 Å². The van der Waals surface area contributed by atoms with E-state index in [1.54, 1.807) is 0 Å².